The standard InChI is InChI=1S/C20H14O2S2/c1-3-7-17-15(5-1)21-19(23-17)13-9-11-14(12-10-13)20-22-16-6-2-4-8-18(16)24-20/h1-12,19-20H. The van der Waals surface area contributed by atoms with Crippen molar-refractivity contribution in [2.45, 2.75) is 20.7 Å². The number of hydrogen-bond donors (Lipinski definition) is 0. The number of para-hydroxylation sites is 2. The Morgan fingerprint density at radius 3 is 1.38 bits per heavy atom. The summed E-state index contributed by atoms with van der Waals surface area (Å²) in [6.45, 7) is 0. The van der Waals surface area contributed by atoms with E-state index in [0.29, 0.717) is 0 Å². The first-order chi connectivity index (χ1) is 11.9. The lowest BCUT2D eigenvalue weighted by atomic mass is 10.1. The minimum Gasteiger partial charge on any atom is -0.473 e. The molecular formula is C20H14O2S2. The highest BCUT2D eigenvalue weighted by Crippen LogP contribution is 2.50. The van der Waals surface area contributed by atoms with Crippen molar-refractivity contribution in [1.29, 1.82) is 0 Å². The van der Waals surface area contributed by atoms with Crippen molar-refractivity contribution < 1.29 is 9.47 Å². The Kier molecular flexibility index (Phi) is 3.46. The van der Waals surface area contributed by atoms with Gasteiger partial charge in [-0.15, -0.1) is 0 Å². The van der Waals surface area contributed by atoms with Crippen LogP contribution in [-0.4, -0.2) is 0 Å². The van der Waals surface area contributed by atoms with E-state index in [1.807, 2.05) is 36.4 Å². The molecule has 0 aliphatic carbocycles. The molecule has 2 aliphatic rings. The van der Waals surface area contributed by atoms with Gasteiger partial charge >= 0.3 is 0 Å². The van der Waals surface area contributed by atoms with Crippen molar-refractivity contribution in [2.24, 2.45) is 0 Å². The first-order valence-corrected chi connectivity index (χ1v) is 9.57. The van der Waals surface area contributed by atoms with Crippen LogP contribution in [-0.2, 0) is 0 Å². The van der Waals surface area contributed by atoms with Crippen LogP contribution in [0.25, 0.3) is 0 Å². The van der Waals surface area contributed by atoms with Crippen molar-refractivity contribution in [3.8, 4) is 11.5 Å². The van der Waals surface area contributed by atoms with Gasteiger partial charge in [0, 0.05) is 11.1 Å². The monoisotopic (exact) mass is 350 g/mol. The van der Waals surface area contributed by atoms with E-state index in [0.717, 1.165) is 11.5 Å². The molecule has 2 heterocycles. The zero-order valence-corrected chi connectivity index (χ0v) is 14.3. The smallest absolute Gasteiger partial charge is 0.174 e. The van der Waals surface area contributed by atoms with Crippen LogP contribution in [0.5, 0.6) is 11.5 Å². The second-order valence-electron chi connectivity index (χ2n) is 5.70. The largest absolute Gasteiger partial charge is 0.473 e. The summed E-state index contributed by atoms with van der Waals surface area (Å²) in [6, 6.07) is 25.0. The van der Waals surface area contributed by atoms with E-state index < -0.39 is 0 Å². The lowest BCUT2D eigenvalue weighted by molar-refractivity contribution is 0.298. The van der Waals surface area contributed by atoms with Crippen molar-refractivity contribution in [2.75, 3.05) is 0 Å². The fourth-order valence-electron chi connectivity index (χ4n) is 2.88. The molecule has 2 nitrogen and oxygen atoms in total. The Balaban J connectivity index is 1.34. The summed E-state index contributed by atoms with van der Waals surface area (Å²) in [6.07, 6.45) is 0. The average Bonchev–Trinajstić information content (AvgIpc) is 3.25. The molecule has 0 spiro atoms. The summed E-state index contributed by atoms with van der Waals surface area (Å²) in [5.74, 6) is 1.95. The SMILES string of the molecule is c1ccc2c(c1)OC(c1ccc(C3Oc4ccccc4S3)cc1)S2. The first kappa shape index (κ1) is 14.3. The molecule has 2 unspecified atom stereocenters. The zero-order chi connectivity index (χ0) is 15.9. The third-order valence-electron chi connectivity index (χ3n) is 4.12. The number of rotatable bonds is 2. The van der Waals surface area contributed by atoms with Gasteiger partial charge in [-0.05, 0) is 24.3 Å². The molecule has 4 heteroatoms. The molecule has 118 valence electrons. The summed E-state index contributed by atoms with van der Waals surface area (Å²) >= 11 is 3.52. The van der Waals surface area contributed by atoms with E-state index in [4.69, 9.17) is 9.47 Å². The molecule has 0 saturated carbocycles. The lowest BCUT2D eigenvalue weighted by Crippen LogP contribution is -2.01. The molecule has 24 heavy (non-hydrogen) atoms. The highest BCUT2D eigenvalue weighted by atomic mass is 32.2. The highest BCUT2D eigenvalue weighted by molar-refractivity contribution is 8.00. The average molecular weight is 350 g/mol. The van der Waals surface area contributed by atoms with E-state index in [9.17, 15) is 0 Å². The molecular weight excluding hydrogens is 336 g/mol. The molecule has 0 radical (unpaired) electrons. The Morgan fingerprint density at radius 2 is 0.958 bits per heavy atom. The third kappa shape index (κ3) is 2.46. The van der Waals surface area contributed by atoms with E-state index in [-0.39, 0.29) is 10.9 Å². The summed E-state index contributed by atoms with van der Waals surface area (Å²) in [5.41, 5.74) is 2.43. The topological polar surface area (TPSA) is 18.5 Å². The first-order valence-electron chi connectivity index (χ1n) is 7.81. The lowest BCUT2D eigenvalue weighted by Gasteiger charge is -2.13. The van der Waals surface area contributed by atoms with Gasteiger partial charge in [0.15, 0.2) is 10.9 Å². The van der Waals surface area contributed by atoms with Crippen LogP contribution in [0.4, 0.5) is 0 Å². The number of benzene rings is 3. The van der Waals surface area contributed by atoms with E-state index >= 15 is 0 Å². The molecule has 0 N–H and O–H groups in total. The second kappa shape index (κ2) is 5.80. The molecule has 0 saturated heterocycles. The van der Waals surface area contributed by atoms with Crippen molar-refractivity contribution >= 4 is 23.5 Å². The summed E-state index contributed by atoms with van der Waals surface area (Å²) < 4.78 is 12.1. The maximum Gasteiger partial charge on any atom is 0.174 e. The second-order valence-corrected chi connectivity index (χ2v) is 7.90. The normalized spacial score (nSPS) is 20.8. The molecule has 0 fully saturated rings. The van der Waals surface area contributed by atoms with Gasteiger partial charge in [-0.3, -0.25) is 0 Å². The predicted octanol–water partition coefficient (Wildman–Crippen LogP) is 6.05. The number of hydrogen-bond acceptors (Lipinski definition) is 4. The maximum absolute atomic E-state index is 6.04. The van der Waals surface area contributed by atoms with Crippen molar-refractivity contribution in [3.63, 3.8) is 0 Å². The fraction of sp³-hybridized carbons (Fsp3) is 0.100. The molecule has 2 atom stereocenters. The minimum atomic E-state index is 0.0331. The number of ether oxygens (including phenoxy) is 2. The molecule has 3 aromatic carbocycles. The van der Waals surface area contributed by atoms with Gasteiger partial charge in [0.2, 0.25) is 0 Å². The molecule has 0 bridgehead atoms. The quantitative estimate of drug-likeness (QED) is 0.559. The minimum absolute atomic E-state index is 0.0331. The van der Waals surface area contributed by atoms with Gasteiger partial charge in [-0.2, -0.15) is 0 Å². The Bertz CT molecular complexity index is 768. The van der Waals surface area contributed by atoms with E-state index in [2.05, 4.69) is 36.4 Å². The van der Waals surface area contributed by atoms with E-state index in [1.165, 1.54) is 20.9 Å². The molecule has 5 rings (SSSR count). The van der Waals surface area contributed by atoms with Crippen LogP contribution in [0.3, 0.4) is 0 Å². The van der Waals surface area contributed by atoms with Crippen LogP contribution in [0, 0.1) is 0 Å². The maximum atomic E-state index is 6.04. The summed E-state index contributed by atoms with van der Waals surface area (Å²) in [7, 11) is 0. The Labute approximate surface area is 149 Å². The summed E-state index contributed by atoms with van der Waals surface area (Å²) in [4.78, 5) is 2.41. The number of fused-ring (bicyclic) bond motifs is 2. The molecule has 3 aromatic rings. The predicted molar refractivity (Wildman–Crippen MR) is 97.8 cm³/mol. The third-order valence-corrected chi connectivity index (χ3v) is 6.46. The number of thioether (sulfide) groups is 2. The van der Waals surface area contributed by atoms with Gasteiger partial charge in [-0.25, -0.2) is 0 Å². The van der Waals surface area contributed by atoms with Crippen molar-refractivity contribution in [3.05, 3.63) is 83.9 Å². The fourth-order valence-corrected chi connectivity index (χ4v) is 5.01. The Hall–Kier alpha value is -2.04. The van der Waals surface area contributed by atoms with Crippen LogP contribution in [0.2, 0.25) is 0 Å². The van der Waals surface area contributed by atoms with Gasteiger partial charge < -0.3 is 9.47 Å². The van der Waals surface area contributed by atoms with Gasteiger partial charge in [0.05, 0.1) is 9.79 Å². The van der Waals surface area contributed by atoms with Gasteiger partial charge in [0.25, 0.3) is 0 Å². The molecule has 0 aromatic heterocycles. The van der Waals surface area contributed by atoms with Crippen LogP contribution in [0.15, 0.2) is 82.6 Å². The zero-order valence-electron chi connectivity index (χ0n) is 12.7. The van der Waals surface area contributed by atoms with Crippen molar-refractivity contribution in [1.82, 2.24) is 0 Å². The summed E-state index contributed by atoms with van der Waals surface area (Å²) in [5, 5.41) is 0. The van der Waals surface area contributed by atoms with Crippen LogP contribution in [0.1, 0.15) is 22.0 Å². The van der Waals surface area contributed by atoms with Gasteiger partial charge in [-0.1, -0.05) is 72.1 Å². The van der Waals surface area contributed by atoms with Gasteiger partial charge in [0.1, 0.15) is 11.5 Å². The molecule has 2 aliphatic heterocycles. The van der Waals surface area contributed by atoms with E-state index in [1.54, 1.807) is 23.5 Å². The van der Waals surface area contributed by atoms with Crippen LogP contribution < -0.4 is 9.47 Å². The molecule has 0 amide bonds. The van der Waals surface area contributed by atoms with Crippen LogP contribution >= 0.6 is 23.5 Å². The highest BCUT2D eigenvalue weighted by Gasteiger charge is 2.27. The Morgan fingerprint density at radius 1 is 0.542 bits per heavy atom.